The number of thioether (sulfide) groups is 1. The van der Waals surface area contributed by atoms with E-state index in [4.69, 9.17) is 4.74 Å². The van der Waals surface area contributed by atoms with Crippen LogP contribution in [0.15, 0.2) is 24.3 Å². The Labute approximate surface area is 119 Å². The van der Waals surface area contributed by atoms with Gasteiger partial charge in [-0.3, -0.25) is 9.69 Å². The van der Waals surface area contributed by atoms with Crippen LogP contribution in [0, 0.1) is 0 Å². The maximum absolute atomic E-state index is 12.5. The first kappa shape index (κ1) is 14.4. The number of ketones is 1. The quantitative estimate of drug-likeness (QED) is 0.793. The fraction of sp³-hybridized carbons (Fsp3) is 0.533. The summed E-state index contributed by atoms with van der Waals surface area (Å²) in [4.78, 5) is 14.7. The van der Waals surface area contributed by atoms with E-state index in [1.165, 1.54) is 0 Å². The van der Waals surface area contributed by atoms with E-state index in [1.54, 1.807) is 7.11 Å². The molecule has 0 saturated carbocycles. The maximum Gasteiger partial charge on any atom is 0.179 e. The van der Waals surface area contributed by atoms with Crippen LogP contribution >= 0.6 is 11.8 Å². The number of nitrogens with zero attached hydrogens (tertiary/aromatic N) is 1. The number of hydrogen-bond acceptors (Lipinski definition) is 4. The molecule has 1 aromatic rings. The van der Waals surface area contributed by atoms with E-state index in [0.717, 1.165) is 30.2 Å². The minimum absolute atomic E-state index is 0.0447. The fourth-order valence-corrected chi connectivity index (χ4v) is 3.40. The molecule has 0 amide bonds. The molecule has 19 heavy (non-hydrogen) atoms. The molecule has 4 heteroatoms. The second kappa shape index (κ2) is 6.44. The Kier molecular flexibility index (Phi) is 4.88. The van der Waals surface area contributed by atoms with Gasteiger partial charge >= 0.3 is 0 Å². The molecule has 1 aromatic carbocycles. The Balaban J connectivity index is 2.05. The van der Waals surface area contributed by atoms with Crippen molar-refractivity contribution in [3.05, 3.63) is 29.8 Å². The highest BCUT2D eigenvalue weighted by molar-refractivity contribution is 7.99. The highest BCUT2D eigenvalue weighted by atomic mass is 32.2. The third-order valence-electron chi connectivity index (χ3n) is 3.57. The molecule has 2 atom stereocenters. The molecule has 3 nitrogen and oxygen atoms in total. The van der Waals surface area contributed by atoms with Crippen LogP contribution in [0.2, 0.25) is 0 Å². The molecule has 0 aromatic heterocycles. The number of Topliss-reactive ketones (excluding diaryl/α,β-unsaturated/α-hetero) is 1. The minimum atomic E-state index is -0.0447. The Hall–Kier alpha value is -1.00. The first-order chi connectivity index (χ1) is 9.11. The van der Waals surface area contributed by atoms with Crippen molar-refractivity contribution in [2.45, 2.75) is 25.1 Å². The summed E-state index contributed by atoms with van der Waals surface area (Å²) in [5.74, 6) is 2.09. The molecule has 1 heterocycles. The molecule has 2 rings (SSSR count). The van der Waals surface area contributed by atoms with Crippen molar-refractivity contribution in [2.75, 3.05) is 26.0 Å². The van der Waals surface area contributed by atoms with Gasteiger partial charge in [-0.1, -0.05) is 6.92 Å². The van der Waals surface area contributed by atoms with Crippen LogP contribution in [0.3, 0.4) is 0 Å². The van der Waals surface area contributed by atoms with Gasteiger partial charge in [-0.15, -0.1) is 0 Å². The first-order valence-corrected chi connectivity index (χ1v) is 7.70. The number of carbonyl (C=O) groups is 1. The minimum Gasteiger partial charge on any atom is -0.497 e. The standard InChI is InChI=1S/C15H21NO2S/c1-11-10-16(8-9-19-11)12(2)15(17)13-4-6-14(18-3)7-5-13/h4-7,11-12H,8-10H2,1-3H3. The number of hydrogen-bond donors (Lipinski definition) is 0. The zero-order chi connectivity index (χ0) is 13.8. The van der Waals surface area contributed by atoms with E-state index in [2.05, 4.69) is 11.8 Å². The van der Waals surface area contributed by atoms with Crippen molar-refractivity contribution in [1.29, 1.82) is 0 Å². The number of methoxy groups -OCH3 is 1. The van der Waals surface area contributed by atoms with Crippen molar-refractivity contribution in [1.82, 2.24) is 4.90 Å². The molecule has 1 aliphatic heterocycles. The lowest BCUT2D eigenvalue weighted by Gasteiger charge is -2.34. The van der Waals surface area contributed by atoms with Crippen LogP contribution in [0.5, 0.6) is 5.75 Å². The predicted molar refractivity (Wildman–Crippen MR) is 80.3 cm³/mol. The second-order valence-electron chi connectivity index (χ2n) is 4.95. The zero-order valence-corrected chi connectivity index (χ0v) is 12.6. The summed E-state index contributed by atoms with van der Waals surface area (Å²) in [6.07, 6.45) is 0. The molecule has 1 saturated heterocycles. The Morgan fingerprint density at radius 2 is 2.11 bits per heavy atom. The highest BCUT2D eigenvalue weighted by Crippen LogP contribution is 2.21. The molecule has 0 N–H and O–H groups in total. The summed E-state index contributed by atoms with van der Waals surface area (Å²) >= 11 is 1.98. The van der Waals surface area contributed by atoms with Gasteiger partial charge in [-0.05, 0) is 31.2 Å². The average Bonchev–Trinajstić information content (AvgIpc) is 2.46. The van der Waals surface area contributed by atoms with Crippen molar-refractivity contribution in [3.8, 4) is 5.75 Å². The predicted octanol–water partition coefficient (Wildman–Crippen LogP) is 2.70. The Morgan fingerprint density at radius 3 is 2.68 bits per heavy atom. The van der Waals surface area contributed by atoms with Gasteiger partial charge in [0.2, 0.25) is 0 Å². The molecular formula is C15H21NO2S. The van der Waals surface area contributed by atoms with Gasteiger partial charge < -0.3 is 4.74 Å². The largest absolute Gasteiger partial charge is 0.497 e. The zero-order valence-electron chi connectivity index (χ0n) is 11.8. The van der Waals surface area contributed by atoms with Gasteiger partial charge in [0.05, 0.1) is 13.2 Å². The van der Waals surface area contributed by atoms with Gasteiger partial charge in [-0.2, -0.15) is 11.8 Å². The molecule has 0 bridgehead atoms. The lowest BCUT2D eigenvalue weighted by atomic mass is 10.0. The molecule has 0 aliphatic carbocycles. The van der Waals surface area contributed by atoms with Crippen LogP contribution in [-0.2, 0) is 0 Å². The van der Waals surface area contributed by atoms with Crippen LogP contribution < -0.4 is 4.74 Å². The summed E-state index contributed by atoms with van der Waals surface area (Å²) in [6, 6.07) is 7.33. The van der Waals surface area contributed by atoms with Crippen molar-refractivity contribution in [2.24, 2.45) is 0 Å². The topological polar surface area (TPSA) is 29.5 Å². The van der Waals surface area contributed by atoms with Crippen LogP contribution in [-0.4, -0.2) is 47.9 Å². The lowest BCUT2D eigenvalue weighted by Crippen LogP contribution is -2.46. The molecule has 2 unspecified atom stereocenters. The monoisotopic (exact) mass is 279 g/mol. The lowest BCUT2D eigenvalue weighted by molar-refractivity contribution is 0.0844. The third kappa shape index (κ3) is 3.51. The SMILES string of the molecule is COc1ccc(C(=O)C(C)N2CCSC(C)C2)cc1. The van der Waals surface area contributed by atoms with Crippen molar-refractivity contribution in [3.63, 3.8) is 0 Å². The maximum atomic E-state index is 12.5. The summed E-state index contributed by atoms with van der Waals surface area (Å²) in [5, 5.41) is 0.611. The van der Waals surface area contributed by atoms with Gasteiger partial charge in [0.1, 0.15) is 5.75 Å². The van der Waals surface area contributed by atoms with Gasteiger partial charge in [0.15, 0.2) is 5.78 Å². The van der Waals surface area contributed by atoms with E-state index in [0.29, 0.717) is 5.25 Å². The van der Waals surface area contributed by atoms with Crippen LogP contribution in [0.1, 0.15) is 24.2 Å². The highest BCUT2D eigenvalue weighted by Gasteiger charge is 2.26. The van der Waals surface area contributed by atoms with Crippen molar-refractivity contribution >= 4 is 17.5 Å². The summed E-state index contributed by atoms with van der Waals surface area (Å²) in [7, 11) is 1.63. The molecular weight excluding hydrogens is 258 g/mol. The number of carbonyl (C=O) groups excluding carboxylic acids is 1. The second-order valence-corrected chi connectivity index (χ2v) is 6.49. The molecule has 104 valence electrons. The fourth-order valence-electron chi connectivity index (χ4n) is 2.36. The van der Waals surface area contributed by atoms with Crippen LogP contribution in [0.4, 0.5) is 0 Å². The van der Waals surface area contributed by atoms with Gasteiger partial charge in [-0.25, -0.2) is 0 Å². The molecule has 0 spiro atoms. The Morgan fingerprint density at radius 1 is 1.42 bits per heavy atom. The summed E-state index contributed by atoms with van der Waals surface area (Å²) in [6.45, 7) is 6.22. The van der Waals surface area contributed by atoms with Crippen LogP contribution in [0.25, 0.3) is 0 Å². The normalized spacial score (nSPS) is 21.9. The summed E-state index contributed by atoms with van der Waals surface area (Å²) in [5.41, 5.74) is 0.763. The van der Waals surface area contributed by atoms with Gasteiger partial charge in [0.25, 0.3) is 0 Å². The van der Waals surface area contributed by atoms with E-state index in [1.807, 2.05) is 43.0 Å². The van der Waals surface area contributed by atoms with E-state index in [9.17, 15) is 4.79 Å². The van der Waals surface area contributed by atoms with E-state index >= 15 is 0 Å². The van der Waals surface area contributed by atoms with Gasteiger partial charge in [0, 0.05) is 29.7 Å². The van der Waals surface area contributed by atoms with E-state index in [-0.39, 0.29) is 11.8 Å². The first-order valence-electron chi connectivity index (χ1n) is 6.65. The molecule has 1 aliphatic rings. The number of rotatable bonds is 4. The van der Waals surface area contributed by atoms with E-state index < -0.39 is 0 Å². The smallest absolute Gasteiger partial charge is 0.179 e. The number of benzene rings is 1. The third-order valence-corrected chi connectivity index (χ3v) is 4.71. The Bertz CT molecular complexity index is 432. The van der Waals surface area contributed by atoms with Crippen molar-refractivity contribution < 1.29 is 9.53 Å². The molecule has 0 radical (unpaired) electrons. The average molecular weight is 279 g/mol. The summed E-state index contributed by atoms with van der Waals surface area (Å²) < 4.78 is 5.12. The number of ether oxygens (including phenoxy) is 1. The molecule has 1 fully saturated rings.